The number of alkyl halides is 3. The molecule has 0 aliphatic carbocycles. The van der Waals surface area contributed by atoms with Crippen LogP contribution < -0.4 is 10.6 Å². The summed E-state index contributed by atoms with van der Waals surface area (Å²) < 4.78 is 35.2. The van der Waals surface area contributed by atoms with Gasteiger partial charge in [0.2, 0.25) is 5.91 Å². The maximum Gasteiger partial charge on any atom is 0.389 e. The smallest absolute Gasteiger partial charge is 0.355 e. The van der Waals surface area contributed by atoms with Crippen molar-refractivity contribution in [3.8, 4) is 0 Å². The van der Waals surface area contributed by atoms with Crippen LogP contribution >= 0.6 is 0 Å². The molecule has 0 heterocycles. The summed E-state index contributed by atoms with van der Waals surface area (Å²) >= 11 is 0. The predicted octanol–water partition coefficient (Wildman–Crippen LogP) is 1.69. The van der Waals surface area contributed by atoms with Crippen LogP contribution in [-0.4, -0.2) is 31.7 Å². The second-order valence-corrected chi connectivity index (χ2v) is 4.09. The summed E-state index contributed by atoms with van der Waals surface area (Å²) in [5, 5.41) is 5.34. The third kappa shape index (κ3) is 11.3. The van der Waals surface area contributed by atoms with E-state index in [0.717, 1.165) is 0 Å². The summed E-state index contributed by atoms with van der Waals surface area (Å²) in [7, 11) is 0. The van der Waals surface area contributed by atoms with Crippen molar-refractivity contribution in [2.24, 2.45) is 5.92 Å². The molecular weight excluding hydrogens is 221 g/mol. The molecule has 0 rings (SSSR count). The molecule has 0 aromatic rings. The van der Waals surface area contributed by atoms with Crippen LogP contribution in [-0.2, 0) is 4.79 Å². The Bertz CT molecular complexity index is 205. The van der Waals surface area contributed by atoms with Gasteiger partial charge in [-0.15, -0.1) is 0 Å². The molecule has 0 radical (unpaired) electrons. The lowest BCUT2D eigenvalue weighted by molar-refractivity contribution is -0.135. The second-order valence-electron chi connectivity index (χ2n) is 4.09. The molecule has 0 fully saturated rings. The van der Waals surface area contributed by atoms with Crippen molar-refractivity contribution in [1.82, 2.24) is 10.6 Å². The van der Waals surface area contributed by atoms with Gasteiger partial charge in [0.1, 0.15) is 0 Å². The van der Waals surface area contributed by atoms with E-state index in [1.165, 1.54) is 0 Å². The Hall–Kier alpha value is -0.780. The third-order valence-corrected chi connectivity index (χ3v) is 1.81. The van der Waals surface area contributed by atoms with Crippen molar-refractivity contribution in [2.45, 2.75) is 32.9 Å². The van der Waals surface area contributed by atoms with E-state index in [4.69, 9.17) is 0 Å². The predicted molar refractivity (Wildman–Crippen MR) is 56.0 cm³/mol. The highest BCUT2D eigenvalue weighted by Crippen LogP contribution is 2.20. The van der Waals surface area contributed by atoms with E-state index in [2.05, 4.69) is 10.6 Å². The zero-order chi connectivity index (χ0) is 12.6. The summed E-state index contributed by atoms with van der Waals surface area (Å²) in [5.74, 6) is 0.190. The topological polar surface area (TPSA) is 41.1 Å². The first-order valence-electron chi connectivity index (χ1n) is 5.35. The van der Waals surface area contributed by atoms with Gasteiger partial charge < -0.3 is 10.6 Å². The van der Waals surface area contributed by atoms with Gasteiger partial charge >= 0.3 is 6.18 Å². The van der Waals surface area contributed by atoms with Crippen LogP contribution in [0.25, 0.3) is 0 Å². The van der Waals surface area contributed by atoms with E-state index in [0.29, 0.717) is 12.5 Å². The highest BCUT2D eigenvalue weighted by atomic mass is 19.4. The standard InChI is InChI=1S/C10H19F3N2O/c1-8(2)6-15-9(16)7-14-5-3-4-10(11,12)13/h8,14H,3-7H2,1-2H3,(H,15,16). The monoisotopic (exact) mass is 240 g/mol. The van der Waals surface area contributed by atoms with Crippen LogP contribution in [0.2, 0.25) is 0 Å². The van der Waals surface area contributed by atoms with Crippen LogP contribution in [0.5, 0.6) is 0 Å². The van der Waals surface area contributed by atoms with Gasteiger partial charge in [-0.25, -0.2) is 0 Å². The minimum atomic E-state index is -4.11. The maximum atomic E-state index is 11.7. The minimum Gasteiger partial charge on any atom is -0.355 e. The van der Waals surface area contributed by atoms with Crippen molar-refractivity contribution in [3.63, 3.8) is 0 Å². The molecule has 96 valence electrons. The summed E-state index contributed by atoms with van der Waals surface area (Å²) in [6.07, 6.45) is -4.92. The number of amides is 1. The van der Waals surface area contributed by atoms with Crippen LogP contribution in [0, 0.1) is 5.92 Å². The molecule has 0 saturated heterocycles. The van der Waals surface area contributed by atoms with Gasteiger partial charge in [-0.05, 0) is 18.9 Å². The second kappa shape index (κ2) is 7.49. The Kier molecular flexibility index (Phi) is 7.12. The van der Waals surface area contributed by atoms with E-state index in [9.17, 15) is 18.0 Å². The van der Waals surface area contributed by atoms with Gasteiger partial charge in [-0.3, -0.25) is 4.79 Å². The maximum absolute atomic E-state index is 11.7. The average Bonchev–Trinajstić information content (AvgIpc) is 2.12. The first-order valence-corrected chi connectivity index (χ1v) is 5.35. The van der Waals surface area contributed by atoms with Gasteiger partial charge in [0.25, 0.3) is 0 Å². The molecule has 2 N–H and O–H groups in total. The molecule has 3 nitrogen and oxygen atoms in total. The summed E-state index contributed by atoms with van der Waals surface area (Å²) in [4.78, 5) is 11.1. The average molecular weight is 240 g/mol. The quantitative estimate of drug-likeness (QED) is 0.665. The van der Waals surface area contributed by atoms with Crippen molar-refractivity contribution in [3.05, 3.63) is 0 Å². The SMILES string of the molecule is CC(C)CNC(=O)CNCCCC(F)(F)F. The molecule has 0 aliphatic heterocycles. The van der Waals surface area contributed by atoms with E-state index in [1.807, 2.05) is 13.8 Å². The Balaban J connectivity index is 3.35. The lowest BCUT2D eigenvalue weighted by Gasteiger charge is -2.09. The largest absolute Gasteiger partial charge is 0.389 e. The molecule has 0 aliphatic rings. The molecule has 6 heteroatoms. The Labute approximate surface area is 93.8 Å². The molecule has 0 aromatic carbocycles. The lowest BCUT2D eigenvalue weighted by atomic mass is 10.2. The van der Waals surface area contributed by atoms with Crippen LogP contribution in [0.1, 0.15) is 26.7 Å². The number of rotatable bonds is 7. The minimum absolute atomic E-state index is 0.000953. The number of carbonyl (C=O) groups excluding carboxylic acids is 1. The third-order valence-electron chi connectivity index (χ3n) is 1.81. The number of hydrogen-bond acceptors (Lipinski definition) is 2. The highest BCUT2D eigenvalue weighted by Gasteiger charge is 2.25. The van der Waals surface area contributed by atoms with E-state index < -0.39 is 12.6 Å². The van der Waals surface area contributed by atoms with Crippen molar-refractivity contribution >= 4 is 5.91 Å². The Morgan fingerprint density at radius 3 is 2.44 bits per heavy atom. The zero-order valence-corrected chi connectivity index (χ0v) is 9.66. The molecule has 1 amide bonds. The summed E-state index contributed by atoms with van der Waals surface area (Å²) in [6.45, 7) is 4.80. The Morgan fingerprint density at radius 2 is 1.94 bits per heavy atom. The molecule has 0 unspecified atom stereocenters. The van der Waals surface area contributed by atoms with Gasteiger partial charge in [0.15, 0.2) is 0 Å². The van der Waals surface area contributed by atoms with Gasteiger partial charge in [0, 0.05) is 13.0 Å². The first kappa shape index (κ1) is 15.2. The summed E-state index contributed by atoms with van der Waals surface area (Å²) in [5.41, 5.74) is 0. The van der Waals surface area contributed by atoms with Crippen molar-refractivity contribution < 1.29 is 18.0 Å². The molecule has 0 atom stereocenters. The zero-order valence-electron chi connectivity index (χ0n) is 9.66. The number of nitrogens with one attached hydrogen (secondary N) is 2. The molecular formula is C10H19F3N2O. The van der Waals surface area contributed by atoms with Gasteiger partial charge in [-0.2, -0.15) is 13.2 Å². The Morgan fingerprint density at radius 1 is 1.31 bits per heavy atom. The van der Waals surface area contributed by atoms with Crippen LogP contribution in [0.15, 0.2) is 0 Å². The fourth-order valence-electron chi connectivity index (χ4n) is 0.996. The number of hydrogen-bond donors (Lipinski definition) is 2. The molecule has 0 spiro atoms. The van der Waals surface area contributed by atoms with E-state index in [1.54, 1.807) is 0 Å². The van der Waals surface area contributed by atoms with E-state index in [-0.39, 0.29) is 25.4 Å². The summed E-state index contributed by atoms with van der Waals surface area (Å²) in [6, 6.07) is 0. The van der Waals surface area contributed by atoms with Gasteiger partial charge in [0.05, 0.1) is 6.54 Å². The molecule has 16 heavy (non-hydrogen) atoms. The van der Waals surface area contributed by atoms with Crippen molar-refractivity contribution in [2.75, 3.05) is 19.6 Å². The molecule has 0 saturated carbocycles. The normalized spacial score (nSPS) is 11.9. The fourth-order valence-corrected chi connectivity index (χ4v) is 0.996. The molecule has 0 aromatic heterocycles. The van der Waals surface area contributed by atoms with E-state index >= 15 is 0 Å². The van der Waals surface area contributed by atoms with Crippen LogP contribution in [0.3, 0.4) is 0 Å². The van der Waals surface area contributed by atoms with Gasteiger partial charge in [-0.1, -0.05) is 13.8 Å². The lowest BCUT2D eigenvalue weighted by Crippen LogP contribution is -2.36. The first-order chi connectivity index (χ1) is 7.31. The highest BCUT2D eigenvalue weighted by molar-refractivity contribution is 5.77. The van der Waals surface area contributed by atoms with Crippen molar-refractivity contribution in [1.29, 1.82) is 0 Å². The molecule has 0 bridgehead atoms. The fraction of sp³-hybridized carbons (Fsp3) is 0.900. The number of halogens is 3. The number of carbonyl (C=O) groups is 1. The van der Waals surface area contributed by atoms with Crippen LogP contribution in [0.4, 0.5) is 13.2 Å².